The van der Waals surface area contributed by atoms with Crippen LogP contribution in [0.2, 0.25) is 0 Å². The number of ether oxygens (including phenoxy) is 2. The molecule has 3 aromatic carbocycles. The summed E-state index contributed by atoms with van der Waals surface area (Å²) in [5.41, 5.74) is 5.80. The van der Waals surface area contributed by atoms with Crippen molar-refractivity contribution in [2.75, 3.05) is 5.75 Å². The summed E-state index contributed by atoms with van der Waals surface area (Å²) < 4.78 is 15.0. The van der Waals surface area contributed by atoms with Gasteiger partial charge in [0.15, 0.2) is 11.4 Å². The number of aliphatic hydroxyl groups is 1. The number of thioether (sulfide) groups is 1. The number of carbonyl (C=O) groups is 2. The highest BCUT2D eigenvalue weighted by Crippen LogP contribution is 2.40. The number of benzene rings is 3. The zero-order valence-electron chi connectivity index (χ0n) is 25.9. The Balaban J connectivity index is 1.26. The number of nitrogens with one attached hydrogen (secondary N) is 1. The van der Waals surface area contributed by atoms with Gasteiger partial charge in [0.25, 0.3) is 0 Å². The molecule has 1 amide bonds. The summed E-state index contributed by atoms with van der Waals surface area (Å²) in [5.74, 6) is -0.157. The molecule has 1 aliphatic rings. The molecule has 2 heterocycles. The van der Waals surface area contributed by atoms with Crippen LogP contribution in [-0.2, 0) is 39.3 Å². The molecule has 3 atom stereocenters. The maximum Gasteiger partial charge on any atom is 0.303 e. The second kappa shape index (κ2) is 16.5. The highest BCUT2D eigenvalue weighted by atomic mass is 32.2. The standard InChI is InChI=1S/C35H40N4O6S/c1-39-23-37-38-35(39)46-22-30-19-31(26-15-13-24(21-40)14-16-26)45-34(44-30)29-10-6-9-28(18-29)27-8-5-7-25(17-27)20-36-32(41)11-3-2-4-12-33(42)43/h5-10,13-18,23,30-31,34,40H,2-4,11-12,19-22H2,1H3,(H,36,41)(H,42,43)/t30-,31+,34+/m0/s1. The first-order valence-corrected chi connectivity index (χ1v) is 16.5. The summed E-state index contributed by atoms with van der Waals surface area (Å²) in [5, 5.41) is 30.2. The number of aromatic nitrogens is 3. The Morgan fingerprint density at radius 3 is 2.43 bits per heavy atom. The SMILES string of the molecule is Cn1cnnc1SC[C@@H]1C[C@H](c2ccc(CO)cc2)O[C@H](c2cccc(-c3cccc(CNC(=O)CCCCCC(=O)O)c3)c2)O1. The number of carbonyl (C=O) groups excluding carboxylic acids is 1. The number of nitrogens with zero attached hydrogens (tertiary/aromatic N) is 3. The molecule has 242 valence electrons. The number of amides is 1. The van der Waals surface area contributed by atoms with Gasteiger partial charge in [-0.1, -0.05) is 78.8 Å². The van der Waals surface area contributed by atoms with Crippen LogP contribution in [0.15, 0.2) is 84.3 Å². The fourth-order valence-electron chi connectivity index (χ4n) is 5.35. The molecule has 5 rings (SSSR count). The maximum atomic E-state index is 12.3. The molecule has 1 aliphatic heterocycles. The highest BCUT2D eigenvalue weighted by Gasteiger charge is 2.32. The van der Waals surface area contributed by atoms with Gasteiger partial charge in [0.1, 0.15) is 6.33 Å². The normalized spacial score (nSPS) is 17.9. The summed E-state index contributed by atoms with van der Waals surface area (Å²) in [6, 6.07) is 24.1. The average molecular weight is 645 g/mol. The second-order valence-corrected chi connectivity index (χ2v) is 12.4. The van der Waals surface area contributed by atoms with Gasteiger partial charge in [-0.15, -0.1) is 10.2 Å². The first-order chi connectivity index (χ1) is 22.4. The Bertz CT molecular complexity index is 1590. The van der Waals surface area contributed by atoms with E-state index in [0.717, 1.165) is 45.0 Å². The van der Waals surface area contributed by atoms with Crippen molar-refractivity contribution in [2.45, 2.75) is 75.3 Å². The van der Waals surface area contributed by atoms with Crippen LogP contribution >= 0.6 is 11.8 Å². The molecular weight excluding hydrogens is 604 g/mol. The molecule has 0 saturated carbocycles. The van der Waals surface area contributed by atoms with E-state index in [1.54, 1.807) is 18.1 Å². The van der Waals surface area contributed by atoms with Gasteiger partial charge in [-0.2, -0.15) is 0 Å². The van der Waals surface area contributed by atoms with E-state index in [2.05, 4.69) is 27.6 Å². The van der Waals surface area contributed by atoms with Crippen LogP contribution in [0.1, 0.15) is 73.2 Å². The monoisotopic (exact) mass is 644 g/mol. The van der Waals surface area contributed by atoms with Gasteiger partial charge in [0.05, 0.1) is 18.8 Å². The van der Waals surface area contributed by atoms with E-state index in [1.807, 2.05) is 72.3 Å². The molecule has 11 heteroatoms. The minimum atomic E-state index is -0.805. The van der Waals surface area contributed by atoms with E-state index >= 15 is 0 Å². The first-order valence-electron chi connectivity index (χ1n) is 15.5. The minimum Gasteiger partial charge on any atom is -0.481 e. The molecule has 0 unspecified atom stereocenters. The zero-order valence-corrected chi connectivity index (χ0v) is 26.7. The number of aliphatic hydroxyl groups excluding tert-OH is 1. The molecule has 1 saturated heterocycles. The second-order valence-electron chi connectivity index (χ2n) is 11.4. The van der Waals surface area contributed by atoms with E-state index < -0.39 is 12.3 Å². The average Bonchev–Trinajstić information content (AvgIpc) is 3.50. The van der Waals surface area contributed by atoms with E-state index in [1.165, 1.54) is 0 Å². The van der Waals surface area contributed by atoms with Crippen molar-refractivity contribution in [1.82, 2.24) is 20.1 Å². The van der Waals surface area contributed by atoms with Crippen molar-refractivity contribution < 1.29 is 29.3 Å². The molecule has 4 aromatic rings. The van der Waals surface area contributed by atoms with Crippen LogP contribution in [0.3, 0.4) is 0 Å². The number of carboxylic acid groups (broad SMARTS) is 1. The molecular formula is C35H40N4O6S. The Labute approximate surface area is 273 Å². The van der Waals surface area contributed by atoms with E-state index in [-0.39, 0.29) is 31.1 Å². The van der Waals surface area contributed by atoms with Crippen LogP contribution in [-0.4, -0.2) is 48.7 Å². The van der Waals surface area contributed by atoms with E-state index in [9.17, 15) is 14.7 Å². The lowest BCUT2D eigenvalue weighted by molar-refractivity contribution is -0.245. The largest absolute Gasteiger partial charge is 0.481 e. The van der Waals surface area contributed by atoms with Crippen molar-refractivity contribution in [1.29, 1.82) is 0 Å². The molecule has 0 aliphatic carbocycles. The topological polar surface area (TPSA) is 136 Å². The summed E-state index contributed by atoms with van der Waals surface area (Å²) in [6.07, 6.45) is 3.98. The van der Waals surface area contributed by atoms with E-state index in [4.69, 9.17) is 14.6 Å². The van der Waals surface area contributed by atoms with Crippen LogP contribution in [0.5, 0.6) is 0 Å². The number of aliphatic carboxylic acids is 1. The number of unbranched alkanes of at least 4 members (excludes halogenated alkanes) is 2. The number of rotatable bonds is 15. The molecule has 1 fully saturated rings. The van der Waals surface area contributed by atoms with Gasteiger partial charge in [0, 0.05) is 44.2 Å². The minimum absolute atomic E-state index is 0.00888. The lowest BCUT2D eigenvalue weighted by Gasteiger charge is -2.36. The predicted molar refractivity (Wildman–Crippen MR) is 175 cm³/mol. The number of hydrogen-bond acceptors (Lipinski definition) is 8. The van der Waals surface area contributed by atoms with Gasteiger partial charge < -0.3 is 29.6 Å². The molecule has 46 heavy (non-hydrogen) atoms. The Kier molecular flexibility index (Phi) is 12.0. The van der Waals surface area contributed by atoms with Crippen molar-refractivity contribution in [3.05, 3.63) is 101 Å². The fraction of sp³-hybridized carbons (Fsp3) is 0.371. The molecule has 10 nitrogen and oxygen atoms in total. The molecule has 0 bridgehead atoms. The van der Waals surface area contributed by atoms with Crippen molar-refractivity contribution in [3.8, 4) is 11.1 Å². The third kappa shape index (κ3) is 9.49. The Morgan fingerprint density at radius 1 is 0.935 bits per heavy atom. The van der Waals surface area contributed by atoms with Gasteiger partial charge in [0.2, 0.25) is 5.91 Å². The molecule has 3 N–H and O–H groups in total. The molecule has 0 radical (unpaired) electrons. The molecule has 1 aromatic heterocycles. The van der Waals surface area contributed by atoms with E-state index in [0.29, 0.717) is 38.0 Å². The summed E-state index contributed by atoms with van der Waals surface area (Å²) >= 11 is 1.60. The third-order valence-corrected chi connectivity index (χ3v) is 9.05. The van der Waals surface area contributed by atoms with Crippen molar-refractivity contribution in [3.63, 3.8) is 0 Å². The van der Waals surface area contributed by atoms with Crippen LogP contribution < -0.4 is 5.32 Å². The number of carboxylic acids is 1. The molecule has 0 spiro atoms. The predicted octanol–water partition coefficient (Wildman–Crippen LogP) is 5.96. The number of hydrogen-bond donors (Lipinski definition) is 3. The maximum absolute atomic E-state index is 12.3. The van der Waals surface area contributed by atoms with Gasteiger partial charge in [-0.25, -0.2) is 0 Å². The number of aryl methyl sites for hydroxylation is 1. The van der Waals surface area contributed by atoms with Gasteiger partial charge in [-0.3, -0.25) is 9.59 Å². The third-order valence-electron chi connectivity index (χ3n) is 7.89. The lowest BCUT2D eigenvalue weighted by atomic mass is 9.99. The summed E-state index contributed by atoms with van der Waals surface area (Å²) in [4.78, 5) is 23.0. The first kappa shape index (κ1) is 33.3. The van der Waals surface area contributed by atoms with Crippen LogP contribution in [0, 0.1) is 0 Å². The van der Waals surface area contributed by atoms with Gasteiger partial charge >= 0.3 is 5.97 Å². The summed E-state index contributed by atoms with van der Waals surface area (Å²) in [7, 11) is 1.92. The van der Waals surface area contributed by atoms with Gasteiger partial charge in [-0.05, 0) is 52.8 Å². The zero-order chi connectivity index (χ0) is 32.3. The lowest BCUT2D eigenvalue weighted by Crippen LogP contribution is -2.31. The highest BCUT2D eigenvalue weighted by molar-refractivity contribution is 7.99. The Hall–Kier alpha value is -4.03. The summed E-state index contributed by atoms with van der Waals surface area (Å²) in [6.45, 7) is 0.406. The Morgan fingerprint density at radius 2 is 1.70 bits per heavy atom. The van der Waals surface area contributed by atoms with Crippen LogP contribution in [0.4, 0.5) is 0 Å². The van der Waals surface area contributed by atoms with Crippen LogP contribution in [0.25, 0.3) is 11.1 Å². The van der Waals surface area contributed by atoms with Crippen molar-refractivity contribution in [2.24, 2.45) is 7.05 Å². The smallest absolute Gasteiger partial charge is 0.303 e. The fourth-order valence-corrected chi connectivity index (χ4v) is 6.25. The quantitative estimate of drug-likeness (QED) is 0.106. The van der Waals surface area contributed by atoms with Crippen molar-refractivity contribution >= 4 is 23.6 Å².